The van der Waals surface area contributed by atoms with Gasteiger partial charge in [0.05, 0.1) is 5.52 Å². The van der Waals surface area contributed by atoms with Crippen molar-refractivity contribution >= 4 is 42.5 Å². The Morgan fingerprint density at radius 3 is 2.35 bits per heavy atom. The number of halogens is 4. The van der Waals surface area contributed by atoms with E-state index in [0.717, 1.165) is 22.3 Å². The van der Waals surface area contributed by atoms with Crippen LogP contribution >= 0.6 is 15.9 Å². The van der Waals surface area contributed by atoms with Crippen LogP contribution in [0.4, 0.5) is 18.9 Å². The third kappa shape index (κ3) is 4.47. The van der Waals surface area contributed by atoms with Crippen molar-refractivity contribution in [2.24, 2.45) is 0 Å². The number of hydrogen-bond donors (Lipinski definition) is 1. The van der Waals surface area contributed by atoms with Gasteiger partial charge in [-0.2, -0.15) is 0 Å². The van der Waals surface area contributed by atoms with E-state index in [9.17, 15) is 21.6 Å². The standard InChI is InChI=1S/C19H17BrF3N3O2S.C2H6/c20-12-9-15(25-7-5-24-6-8-25)18-13(19(22)23)11-26(16(18)10-12)29(27,28)17-4-2-1-3-14(17)21;1-2/h1-4,9-11,19,24H,5-8H2;1-2H3. The van der Waals surface area contributed by atoms with Crippen molar-refractivity contribution in [2.45, 2.75) is 25.2 Å². The van der Waals surface area contributed by atoms with E-state index in [2.05, 4.69) is 21.2 Å². The zero-order valence-electron chi connectivity index (χ0n) is 17.1. The smallest absolute Gasteiger partial charge is 0.271 e. The second-order valence-electron chi connectivity index (χ2n) is 6.67. The molecule has 2 heterocycles. The molecule has 1 fully saturated rings. The number of anilines is 1. The van der Waals surface area contributed by atoms with Gasteiger partial charge in [0.15, 0.2) is 0 Å². The van der Waals surface area contributed by atoms with Gasteiger partial charge in [-0.15, -0.1) is 0 Å². The molecule has 168 valence electrons. The lowest BCUT2D eigenvalue weighted by molar-refractivity contribution is 0.153. The molecule has 5 nitrogen and oxygen atoms in total. The third-order valence-corrected chi connectivity index (χ3v) is 7.07. The lowest BCUT2D eigenvalue weighted by Gasteiger charge is -2.30. The maximum Gasteiger partial charge on any atom is 0.271 e. The zero-order chi connectivity index (χ0) is 22.8. The topological polar surface area (TPSA) is 54.3 Å². The first-order valence-electron chi connectivity index (χ1n) is 9.89. The Morgan fingerprint density at radius 1 is 1.10 bits per heavy atom. The number of nitrogens with one attached hydrogen (secondary N) is 1. The molecule has 10 heteroatoms. The van der Waals surface area contributed by atoms with Crippen LogP contribution in [0.25, 0.3) is 10.9 Å². The predicted octanol–water partition coefficient (Wildman–Crippen LogP) is 5.15. The van der Waals surface area contributed by atoms with E-state index < -0.39 is 32.7 Å². The molecule has 2 aromatic carbocycles. The van der Waals surface area contributed by atoms with Gasteiger partial charge in [0, 0.05) is 53.5 Å². The fraction of sp³-hybridized carbons (Fsp3) is 0.333. The third-order valence-electron chi connectivity index (χ3n) is 4.91. The van der Waals surface area contributed by atoms with Crippen molar-refractivity contribution in [1.82, 2.24) is 9.29 Å². The molecule has 0 saturated carbocycles. The van der Waals surface area contributed by atoms with Crippen molar-refractivity contribution in [2.75, 3.05) is 31.1 Å². The maximum absolute atomic E-state index is 14.2. The van der Waals surface area contributed by atoms with Gasteiger partial charge in [-0.1, -0.05) is 41.9 Å². The summed E-state index contributed by atoms with van der Waals surface area (Å²) in [6.07, 6.45) is -1.99. The average Bonchev–Trinajstić information content (AvgIpc) is 3.16. The van der Waals surface area contributed by atoms with Gasteiger partial charge in [-0.05, 0) is 24.3 Å². The number of fused-ring (bicyclic) bond motifs is 1. The molecule has 0 bridgehead atoms. The van der Waals surface area contributed by atoms with Crippen molar-refractivity contribution in [3.8, 4) is 0 Å². The number of benzene rings is 2. The van der Waals surface area contributed by atoms with E-state index in [1.165, 1.54) is 18.2 Å². The van der Waals surface area contributed by atoms with Crippen LogP contribution in [0.3, 0.4) is 0 Å². The van der Waals surface area contributed by atoms with E-state index >= 15 is 0 Å². The van der Waals surface area contributed by atoms with Crippen molar-refractivity contribution in [3.63, 3.8) is 0 Å². The Bertz CT molecular complexity index is 1180. The van der Waals surface area contributed by atoms with Crippen LogP contribution in [0.15, 0.2) is 52.0 Å². The summed E-state index contributed by atoms with van der Waals surface area (Å²) >= 11 is 3.36. The van der Waals surface area contributed by atoms with Crippen LogP contribution in [-0.2, 0) is 10.0 Å². The SMILES string of the molecule is CC.O=S(=O)(c1ccccc1F)n1cc(C(F)F)c2c(N3CCNCC3)cc(Br)cc21. The molecular weight excluding hydrogens is 495 g/mol. The Hall–Kier alpha value is -2.04. The molecule has 0 spiro atoms. The first-order valence-corrected chi connectivity index (χ1v) is 12.1. The minimum Gasteiger partial charge on any atom is -0.368 e. The first kappa shape index (κ1) is 23.6. The molecular formula is C21H23BrF3N3O2S. The fourth-order valence-electron chi connectivity index (χ4n) is 3.59. The van der Waals surface area contributed by atoms with Crippen molar-refractivity contribution in [1.29, 1.82) is 0 Å². The van der Waals surface area contributed by atoms with Crippen LogP contribution in [-0.4, -0.2) is 38.6 Å². The highest BCUT2D eigenvalue weighted by Crippen LogP contribution is 2.40. The van der Waals surface area contributed by atoms with E-state index in [-0.39, 0.29) is 10.9 Å². The molecule has 31 heavy (non-hydrogen) atoms. The maximum atomic E-state index is 14.2. The summed E-state index contributed by atoms with van der Waals surface area (Å²) in [5.74, 6) is -0.940. The van der Waals surface area contributed by atoms with Gasteiger partial charge in [0.1, 0.15) is 10.7 Å². The molecule has 1 aliphatic rings. The largest absolute Gasteiger partial charge is 0.368 e. The van der Waals surface area contributed by atoms with Gasteiger partial charge in [-0.25, -0.2) is 25.6 Å². The van der Waals surface area contributed by atoms with Gasteiger partial charge in [-0.3, -0.25) is 0 Å². The fourth-order valence-corrected chi connectivity index (χ4v) is 5.45. The molecule has 1 aromatic heterocycles. The van der Waals surface area contributed by atoms with E-state index in [0.29, 0.717) is 36.3 Å². The van der Waals surface area contributed by atoms with Crippen molar-refractivity contribution in [3.05, 3.63) is 58.4 Å². The van der Waals surface area contributed by atoms with Gasteiger partial charge >= 0.3 is 0 Å². The number of aromatic nitrogens is 1. The molecule has 1 N–H and O–H groups in total. The van der Waals surface area contributed by atoms with E-state index in [4.69, 9.17) is 0 Å². The summed E-state index contributed by atoms with van der Waals surface area (Å²) in [6, 6.07) is 8.07. The van der Waals surface area contributed by atoms with Crippen LogP contribution in [0.5, 0.6) is 0 Å². The Labute approximate surface area is 188 Å². The number of nitrogens with zero attached hydrogens (tertiary/aromatic N) is 2. The molecule has 3 aromatic rings. The quantitative estimate of drug-likeness (QED) is 0.519. The van der Waals surface area contributed by atoms with Crippen LogP contribution in [0, 0.1) is 5.82 Å². The highest BCUT2D eigenvalue weighted by Gasteiger charge is 2.29. The summed E-state index contributed by atoms with van der Waals surface area (Å²) in [5, 5.41) is 3.35. The number of hydrogen-bond acceptors (Lipinski definition) is 4. The number of piperazine rings is 1. The molecule has 0 atom stereocenters. The minimum atomic E-state index is -4.42. The van der Waals surface area contributed by atoms with Crippen LogP contribution in [0.1, 0.15) is 25.8 Å². The highest BCUT2D eigenvalue weighted by atomic mass is 79.9. The highest BCUT2D eigenvalue weighted by molar-refractivity contribution is 9.10. The average molecular weight is 518 g/mol. The lowest BCUT2D eigenvalue weighted by Crippen LogP contribution is -2.43. The second kappa shape index (κ2) is 9.62. The normalized spacial score (nSPS) is 14.6. The van der Waals surface area contributed by atoms with Gasteiger partial charge in [0.2, 0.25) is 0 Å². The van der Waals surface area contributed by atoms with E-state index in [1.54, 1.807) is 6.07 Å². The molecule has 0 aliphatic carbocycles. The van der Waals surface area contributed by atoms with Crippen LogP contribution < -0.4 is 10.2 Å². The van der Waals surface area contributed by atoms with Crippen LogP contribution in [0.2, 0.25) is 0 Å². The molecule has 4 rings (SSSR count). The molecule has 0 unspecified atom stereocenters. The first-order chi connectivity index (χ1) is 14.8. The molecule has 1 saturated heterocycles. The predicted molar refractivity (Wildman–Crippen MR) is 120 cm³/mol. The Balaban J connectivity index is 0.00000132. The molecule has 0 radical (unpaired) electrons. The zero-order valence-corrected chi connectivity index (χ0v) is 19.5. The Kier molecular flexibility index (Phi) is 7.33. The lowest BCUT2D eigenvalue weighted by atomic mass is 10.1. The van der Waals surface area contributed by atoms with Gasteiger partial charge < -0.3 is 10.2 Å². The number of rotatable bonds is 4. The summed E-state index contributed by atoms with van der Waals surface area (Å²) in [6.45, 7) is 6.57. The molecule has 1 aliphatic heterocycles. The minimum absolute atomic E-state index is 0.0754. The second-order valence-corrected chi connectivity index (χ2v) is 9.37. The van der Waals surface area contributed by atoms with Crippen molar-refractivity contribution < 1.29 is 21.6 Å². The number of alkyl halides is 2. The summed E-state index contributed by atoms with van der Waals surface area (Å²) in [4.78, 5) is 1.37. The Morgan fingerprint density at radius 2 is 1.74 bits per heavy atom. The summed E-state index contributed by atoms with van der Waals surface area (Å²) in [5.41, 5.74) is 0.195. The summed E-state index contributed by atoms with van der Waals surface area (Å²) in [7, 11) is -4.42. The monoisotopic (exact) mass is 517 g/mol. The van der Waals surface area contributed by atoms with E-state index in [1.807, 2.05) is 18.7 Å². The van der Waals surface area contributed by atoms with Gasteiger partial charge in [0.25, 0.3) is 16.4 Å². The molecule has 0 amide bonds. The summed E-state index contributed by atoms with van der Waals surface area (Å²) < 4.78 is 69.6.